The summed E-state index contributed by atoms with van der Waals surface area (Å²) >= 11 is 0. The number of fused-ring (bicyclic) bond motifs is 1. The standard InChI is InChI=1S/C44H74O4Si2/c1-31(30-46-35-19-15-18-34(29-35)42(8,9)45)36-22-23-37-33(17-16-24-43(36,37)10)21-20-32-27-38(47-49(11,12)40(2,3)4)44(25-26-44)39(28-32)48-50(13,14)41(5,6)7/h15,18-21,29,31,36-39,45H,16-17,22-28,30H2,1-14H3/b33-21+/t31-,36+,37?,38+,39+,43+/m0/s1. The zero-order chi connectivity index (χ0) is 37.1. The molecule has 6 atom stereocenters. The van der Waals surface area contributed by atoms with Crippen molar-refractivity contribution in [3.8, 4) is 5.75 Å². The van der Waals surface area contributed by atoms with Gasteiger partial charge in [-0.1, -0.05) is 90.8 Å². The summed E-state index contributed by atoms with van der Waals surface area (Å²) in [5, 5.41) is 10.9. The van der Waals surface area contributed by atoms with Crippen molar-refractivity contribution in [2.45, 2.75) is 181 Å². The van der Waals surface area contributed by atoms with Crippen LogP contribution in [0.5, 0.6) is 5.75 Å². The van der Waals surface area contributed by atoms with Gasteiger partial charge in [-0.05, 0) is 149 Å². The fourth-order valence-corrected chi connectivity index (χ4v) is 12.0. The highest BCUT2D eigenvalue weighted by Crippen LogP contribution is 2.62. The van der Waals surface area contributed by atoms with Crippen molar-refractivity contribution in [2.24, 2.45) is 28.6 Å². The average molecular weight is 723 g/mol. The van der Waals surface area contributed by atoms with E-state index in [0.29, 0.717) is 23.2 Å². The molecule has 1 spiro atoms. The van der Waals surface area contributed by atoms with Crippen LogP contribution in [0.4, 0.5) is 0 Å². The molecule has 0 saturated heterocycles. The smallest absolute Gasteiger partial charge is 0.192 e. The summed E-state index contributed by atoms with van der Waals surface area (Å²) in [4.78, 5) is 0. The van der Waals surface area contributed by atoms with Gasteiger partial charge in [0.05, 0.1) is 24.4 Å². The maximum absolute atomic E-state index is 10.5. The third kappa shape index (κ3) is 8.15. The maximum atomic E-state index is 10.5. The highest BCUT2D eigenvalue weighted by atomic mass is 28.4. The van der Waals surface area contributed by atoms with Crippen LogP contribution in [0, 0.1) is 28.6 Å². The van der Waals surface area contributed by atoms with E-state index in [-0.39, 0.29) is 27.7 Å². The normalized spacial score (nSPS) is 30.4. The van der Waals surface area contributed by atoms with E-state index in [0.717, 1.165) is 30.8 Å². The van der Waals surface area contributed by atoms with E-state index in [4.69, 9.17) is 13.6 Å². The Kier molecular flexibility index (Phi) is 11.1. The van der Waals surface area contributed by atoms with E-state index in [1.807, 2.05) is 38.1 Å². The van der Waals surface area contributed by atoms with Crippen LogP contribution < -0.4 is 4.74 Å². The molecule has 0 radical (unpaired) electrons. The van der Waals surface area contributed by atoms with Crippen molar-refractivity contribution in [1.82, 2.24) is 0 Å². The van der Waals surface area contributed by atoms with Gasteiger partial charge in [-0.2, -0.15) is 0 Å². The molecule has 4 saturated carbocycles. The summed E-state index contributed by atoms with van der Waals surface area (Å²) in [6.45, 7) is 33.4. The molecule has 0 aromatic heterocycles. The Morgan fingerprint density at radius 3 is 1.96 bits per heavy atom. The molecule has 1 aromatic carbocycles. The largest absolute Gasteiger partial charge is 0.493 e. The Bertz CT molecular complexity index is 1370. The Labute approximate surface area is 309 Å². The van der Waals surface area contributed by atoms with E-state index in [1.54, 1.807) is 11.1 Å². The highest BCUT2D eigenvalue weighted by Gasteiger charge is 2.61. The molecule has 1 aromatic rings. The second-order valence-corrected chi connectivity index (χ2v) is 30.4. The SMILES string of the molecule is C[C@@H](COc1cccc(C(C)(C)O)c1)[C@H]1CCC2/C(=C/C=C3C[C@@H](O[Si](C)(C)C(C)(C)C)C4(CC4)[C@H](O[Si](C)(C)C(C)(C)C)C3)CCC[C@@]21C. The highest BCUT2D eigenvalue weighted by molar-refractivity contribution is 6.74. The minimum absolute atomic E-state index is 0.186. The van der Waals surface area contributed by atoms with Gasteiger partial charge in [-0.3, -0.25) is 0 Å². The zero-order valence-electron chi connectivity index (χ0n) is 34.6. The number of hydrogen-bond donors (Lipinski definition) is 1. The predicted molar refractivity (Wildman–Crippen MR) is 216 cm³/mol. The average Bonchev–Trinajstić information content (AvgIpc) is 3.70. The van der Waals surface area contributed by atoms with Gasteiger partial charge >= 0.3 is 0 Å². The van der Waals surface area contributed by atoms with Crippen molar-refractivity contribution < 1.29 is 18.7 Å². The second kappa shape index (κ2) is 13.9. The molecule has 1 unspecified atom stereocenters. The fraction of sp³-hybridized carbons (Fsp3) is 0.773. The summed E-state index contributed by atoms with van der Waals surface area (Å²) in [6, 6.07) is 7.99. The molecule has 0 amide bonds. The van der Waals surface area contributed by atoms with Crippen molar-refractivity contribution in [3.05, 3.63) is 53.1 Å². The van der Waals surface area contributed by atoms with Gasteiger partial charge in [0.15, 0.2) is 16.6 Å². The van der Waals surface area contributed by atoms with Gasteiger partial charge in [-0.15, -0.1) is 0 Å². The van der Waals surface area contributed by atoms with Crippen LogP contribution in [0.25, 0.3) is 0 Å². The lowest BCUT2D eigenvalue weighted by Gasteiger charge is -2.49. The molecule has 4 nitrogen and oxygen atoms in total. The molecule has 0 aliphatic heterocycles. The number of ether oxygens (including phenoxy) is 1. The van der Waals surface area contributed by atoms with Crippen molar-refractivity contribution >= 4 is 16.6 Å². The van der Waals surface area contributed by atoms with E-state index >= 15 is 0 Å². The monoisotopic (exact) mass is 723 g/mol. The second-order valence-electron chi connectivity index (χ2n) is 20.9. The molecule has 0 bridgehead atoms. The molecular formula is C44H74O4Si2. The summed E-state index contributed by atoms with van der Waals surface area (Å²) in [6.07, 6.45) is 16.6. The number of aliphatic hydroxyl groups is 1. The number of hydrogen-bond acceptors (Lipinski definition) is 4. The summed E-state index contributed by atoms with van der Waals surface area (Å²) < 4.78 is 21.1. The lowest BCUT2D eigenvalue weighted by atomic mass is 9.61. The first-order valence-electron chi connectivity index (χ1n) is 20.1. The van der Waals surface area contributed by atoms with Crippen molar-refractivity contribution in [3.63, 3.8) is 0 Å². The first-order valence-corrected chi connectivity index (χ1v) is 25.9. The fourth-order valence-electron chi connectivity index (χ4n) is 9.23. The molecule has 4 aliphatic carbocycles. The molecular weight excluding hydrogens is 649 g/mol. The van der Waals surface area contributed by atoms with Gasteiger partial charge in [0, 0.05) is 5.41 Å². The van der Waals surface area contributed by atoms with Gasteiger partial charge in [0.1, 0.15) is 5.75 Å². The van der Waals surface area contributed by atoms with Gasteiger partial charge in [0.25, 0.3) is 0 Å². The topological polar surface area (TPSA) is 47.9 Å². The maximum Gasteiger partial charge on any atom is 0.192 e. The van der Waals surface area contributed by atoms with E-state index in [9.17, 15) is 5.11 Å². The van der Waals surface area contributed by atoms with E-state index in [1.165, 1.54) is 44.9 Å². The molecule has 1 N–H and O–H groups in total. The van der Waals surface area contributed by atoms with Crippen LogP contribution in [-0.4, -0.2) is 40.6 Å². The molecule has 50 heavy (non-hydrogen) atoms. The Balaban J connectivity index is 1.35. The van der Waals surface area contributed by atoms with Crippen LogP contribution in [0.2, 0.25) is 36.3 Å². The number of benzene rings is 1. The Morgan fingerprint density at radius 2 is 1.44 bits per heavy atom. The first-order chi connectivity index (χ1) is 22.9. The van der Waals surface area contributed by atoms with Crippen molar-refractivity contribution in [1.29, 1.82) is 0 Å². The first kappa shape index (κ1) is 40.0. The van der Waals surface area contributed by atoms with Crippen LogP contribution in [-0.2, 0) is 14.5 Å². The molecule has 6 heteroatoms. The lowest BCUT2D eigenvalue weighted by molar-refractivity contribution is -0.00939. The molecule has 282 valence electrons. The van der Waals surface area contributed by atoms with E-state index in [2.05, 4.69) is 93.7 Å². The summed E-state index contributed by atoms with van der Waals surface area (Å²) in [7, 11) is -3.89. The third-order valence-corrected chi connectivity index (χ3v) is 23.8. The quantitative estimate of drug-likeness (QED) is 0.244. The predicted octanol–water partition coefficient (Wildman–Crippen LogP) is 12.4. The molecule has 4 fully saturated rings. The van der Waals surface area contributed by atoms with Crippen LogP contribution in [0.1, 0.15) is 133 Å². The summed E-state index contributed by atoms with van der Waals surface area (Å²) in [5.74, 6) is 2.63. The van der Waals surface area contributed by atoms with Crippen molar-refractivity contribution in [2.75, 3.05) is 6.61 Å². The van der Waals surface area contributed by atoms with Gasteiger partial charge in [0.2, 0.25) is 0 Å². The molecule has 4 aliphatic rings. The molecule has 0 heterocycles. The third-order valence-electron chi connectivity index (χ3n) is 14.8. The Morgan fingerprint density at radius 1 is 0.860 bits per heavy atom. The van der Waals surface area contributed by atoms with Crippen LogP contribution in [0.3, 0.4) is 0 Å². The van der Waals surface area contributed by atoms with Crippen LogP contribution in [0.15, 0.2) is 47.6 Å². The van der Waals surface area contributed by atoms with E-state index < -0.39 is 22.2 Å². The number of allylic oxidation sites excluding steroid dienone is 3. The van der Waals surface area contributed by atoms with Gasteiger partial charge in [-0.25, -0.2) is 0 Å². The van der Waals surface area contributed by atoms with Gasteiger partial charge < -0.3 is 18.7 Å². The zero-order valence-corrected chi connectivity index (χ0v) is 36.6. The minimum atomic E-state index is -1.95. The lowest BCUT2D eigenvalue weighted by Crippen LogP contribution is -2.54. The minimum Gasteiger partial charge on any atom is -0.493 e. The molecule has 5 rings (SSSR count). The summed E-state index contributed by atoms with van der Waals surface area (Å²) in [5.41, 5.74) is 3.74. The number of rotatable bonds is 10. The van der Waals surface area contributed by atoms with Crippen LogP contribution >= 0.6 is 0 Å². The Hall–Kier alpha value is -1.19.